The zero-order chi connectivity index (χ0) is 14.7. The second kappa shape index (κ2) is 9.91. The summed E-state index contributed by atoms with van der Waals surface area (Å²) in [5, 5.41) is 0. The van der Waals surface area contributed by atoms with Gasteiger partial charge >= 0.3 is 11.9 Å². The van der Waals surface area contributed by atoms with Crippen molar-refractivity contribution >= 4 is 5.97 Å². The Bertz CT molecular complexity index is 260. The van der Waals surface area contributed by atoms with Gasteiger partial charge in [0.15, 0.2) is 6.10 Å². The van der Waals surface area contributed by atoms with E-state index < -0.39 is 18.0 Å². The van der Waals surface area contributed by atoms with E-state index in [2.05, 4.69) is 6.58 Å². The summed E-state index contributed by atoms with van der Waals surface area (Å²) in [6.07, 6.45) is 0.753. The van der Waals surface area contributed by atoms with E-state index in [0.29, 0.717) is 26.2 Å². The van der Waals surface area contributed by atoms with E-state index in [9.17, 15) is 4.79 Å². The third-order valence-electron chi connectivity index (χ3n) is 2.17. The van der Waals surface area contributed by atoms with Crippen molar-refractivity contribution in [1.29, 1.82) is 0 Å². The van der Waals surface area contributed by atoms with E-state index >= 15 is 0 Å². The van der Waals surface area contributed by atoms with Crippen LogP contribution in [-0.2, 0) is 28.8 Å². The zero-order valence-electron chi connectivity index (χ0n) is 12.1. The fourth-order valence-corrected chi connectivity index (χ4v) is 1.47. The molecule has 19 heavy (non-hydrogen) atoms. The Morgan fingerprint density at radius 2 is 1.74 bits per heavy atom. The van der Waals surface area contributed by atoms with E-state index in [1.165, 1.54) is 0 Å². The standard InChI is InChI=1S/C13H24O6/c1-6-11(18-12(14)7-2)13(15-8-3,16-9-4)19-17-10-5/h7,11H,2,6,8-10H2,1,3-5H3. The lowest BCUT2D eigenvalue weighted by Crippen LogP contribution is -2.51. The summed E-state index contributed by atoms with van der Waals surface area (Å²) in [7, 11) is 0. The van der Waals surface area contributed by atoms with Crippen molar-refractivity contribution < 1.29 is 28.8 Å². The highest BCUT2D eigenvalue weighted by atomic mass is 17.3. The second-order valence-corrected chi connectivity index (χ2v) is 3.50. The maximum atomic E-state index is 11.4. The Labute approximate surface area is 114 Å². The van der Waals surface area contributed by atoms with Crippen LogP contribution in [0.2, 0.25) is 0 Å². The Morgan fingerprint density at radius 3 is 2.11 bits per heavy atom. The van der Waals surface area contributed by atoms with Crippen LogP contribution in [0.15, 0.2) is 12.7 Å². The fraction of sp³-hybridized carbons (Fsp3) is 0.769. The van der Waals surface area contributed by atoms with Gasteiger partial charge in [-0.1, -0.05) is 13.5 Å². The van der Waals surface area contributed by atoms with Crippen molar-refractivity contribution in [1.82, 2.24) is 0 Å². The van der Waals surface area contributed by atoms with Gasteiger partial charge < -0.3 is 14.2 Å². The molecular weight excluding hydrogens is 252 g/mol. The fourth-order valence-electron chi connectivity index (χ4n) is 1.47. The Balaban J connectivity index is 5.08. The normalized spacial score (nSPS) is 13.1. The molecule has 0 bridgehead atoms. The first-order valence-corrected chi connectivity index (χ1v) is 6.51. The quantitative estimate of drug-likeness (QED) is 0.189. The lowest BCUT2D eigenvalue weighted by molar-refractivity contribution is -0.523. The van der Waals surface area contributed by atoms with Gasteiger partial charge in [-0.25, -0.2) is 9.68 Å². The molecule has 0 aromatic rings. The molecule has 0 radical (unpaired) electrons. The smallest absolute Gasteiger partial charge is 0.350 e. The van der Waals surface area contributed by atoms with Crippen LogP contribution in [-0.4, -0.2) is 37.9 Å². The van der Waals surface area contributed by atoms with Gasteiger partial charge in [-0.15, -0.1) is 0 Å². The molecule has 0 aromatic carbocycles. The van der Waals surface area contributed by atoms with Crippen LogP contribution in [0.5, 0.6) is 0 Å². The molecule has 0 aliphatic rings. The van der Waals surface area contributed by atoms with Crippen LogP contribution in [0.3, 0.4) is 0 Å². The molecule has 0 aliphatic heterocycles. The van der Waals surface area contributed by atoms with Crippen LogP contribution in [0.4, 0.5) is 0 Å². The molecule has 0 fully saturated rings. The van der Waals surface area contributed by atoms with Gasteiger partial charge in [0, 0.05) is 19.3 Å². The van der Waals surface area contributed by atoms with E-state index in [-0.39, 0.29) is 0 Å². The van der Waals surface area contributed by atoms with Gasteiger partial charge in [0.2, 0.25) is 0 Å². The third kappa shape index (κ3) is 5.69. The molecule has 1 atom stereocenters. The van der Waals surface area contributed by atoms with Crippen LogP contribution in [0, 0.1) is 0 Å². The van der Waals surface area contributed by atoms with Crippen LogP contribution in [0.25, 0.3) is 0 Å². The molecule has 0 saturated heterocycles. The summed E-state index contributed by atoms with van der Waals surface area (Å²) in [6.45, 7) is 11.5. The number of carbonyl (C=O) groups is 1. The van der Waals surface area contributed by atoms with E-state index in [0.717, 1.165) is 6.08 Å². The maximum Gasteiger partial charge on any atom is 0.350 e. The largest absolute Gasteiger partial charge is 0.450 e. The van der Waals surface area contributed by atoms with Gasteiger partial charge in [-0.05, 0) is 27.2 Å². The van der Waals surface area contributed by atoms with Gasteiger partial charge in [0.25, 0.3) is 0 Å². The summed E-state index contributed by atoms with van der Waals surface area (Å²) in [5.41, 5.74) is 0. The number of esters is 1. The minimum Gasteiger partial charge on any atom is -0.450 e. The van der Waals surface area contributed by atoms with Crippen LogP contribution < -0.4 is 0 Å². The first kappa shape index (κ1) is 18.0. The van der Waals surface area contributed by atoms with Crippen molar-refractivity contribution in [2.24, 2.45) is 0 Å². The lowest BCUT2D eigenvalue weighted by atomic mass is 10.2. The molecule has 6 heteroatoms. The number of ether oxygens (including phenoxy) is 3. The van der Waals surface area contributed by atoms with Crippen LogP contribution in [0.1, 0.15) is 34.1 Å². The summed E-state index contributed by atoms with van der Waals surface area (Å²) in [5.74, 6) is -2.14. The first-order chi connectivity index (χ1) is 9.10. The van der Waals surface area contributed by atoms with Gasteiger partial charge in [0.1, 0.15) is 0 Å². The number of carbonyl (C=O) groups excluding carboxylic acids is 1. The lowest BCUT2D eigenvalue weighted by Gasteiger charge is -2.36. The number of rotatable bonds is 11. The molecular formula is C13H24O6. The molecule has 0 heterocycles. The number of hydrogen-bond acceptors (Lipinski definition) is 6. The van der Waals surface area contributed by atoms with E-state index in [1.54, 1.807) is 20.8 Å². The summed E-state index contributed by atoms with van der Waals surface area (Å²) < 4.78 is 16.2. The maximum absolute atomic E-state index is 11.4. The van der Waals surface area contributed by atoms with Gasteiger partial charge in [-0.2, -0.15) is 4.89 Å². The highest BCUT2D eigenvalue weighted by Gasteiger charge is 2.46. The molecule has 0 saturated carbocycles. The molecule has 112 valence electrons. The molecule has 0 amide bonds. The molecule has 0 aliphatic carbocycles. The van der Waals surface area contributed by atoms with Gasteiger partial charge in [0.05, 0.1) is 6.61 Å². The van der Waals surface area contributed by atoms with Crippen molar-refractivity contribution in [2.45, 2.75) is 46.2 Å². The highest BCUT2D eigenvalue weighted by molar-refractivity contribution is 5.81. The summed E-state index contributed by atoms with van der Waals surface area (Å²) >= 11 is 0. The average Bonchev–Trinajstić information content (AvgIpc) is 2.42. The number of hydrogen-bond donors (Lipinski definition) is 0. The Morgan fingerprint density at radius 1 is 1.16 bits per heavy atom. The van der Waals surface area contributed by atoms with E-state index in [4.69, 9.17) is 24.0 Å². The van der Waals surface area contributed by atoms with E-state index in [1.807, 2.05) is 6.92 Å². The molecule has 0 N–H and O–H groups in total. The van der Waals surface area contributed by atoms with Crippen molar-refractivity contribution in [2.75, 3.05) is 19.8 Å². The molecule has 1 unspecified atom stereocenters. The third-order valence-corrected chi connectivity index (χ3v) is 2.17. The van der Waals surface area contributed by atoms with Crippen molar-refractivity contribution in [3.05, 3.63) is 12.7 Å². The highest BCUT2D eigenvalue weighted by Crippen LogP contribution is 2.26. The molecule has 0 rings (SSSR count). The average molecular weight is 276 g/mol. The summed E-state index contributed by atoms with van der Waals surface area (Å²) in [6, 6.07) is 0. The van der Waals surface area contributed by atoms with Crippen LogP contribution >= 0.6 is 0 Å². The Hall–Kier alpha value is -0.950. The topological polar surface area (TPSA) is 63.2 Å². The summed E-state index contributed by atoms with van der Waals surface area (Å²) in [4.78, 5) is 21.5. The first-order valence-electron chi connectivity index (χ1n) is 6.51. The monoisotopic (exact) mass is 276 g/mol. The predicted octanol–water partition coefficient (Wildman–Crippen LogP) is 2.19. The SMILES string of the molecule is C=CC(=O)OC(CC)C(OCC)(OCC)OOCC. The second-order valence-electron chi connectivity index (χ2n) is 3.50. The zero-order valence-corrected chi connectivity index (χ0v) is 12.1. The van der Waals surface area contributed by atoms with Crippen molar-refractivity contribution in [3.63, 3.8) is 0 Å². The Kier molecular flexibility index (Phi) is 9.42. The van der Waals surface area contributed by atoms with Crippen molar-refractivity contribution in [3.8, 4) is 0 Å². The molecule has 0 aromatic heterocycles. The minimum absolute atomic E-state index is 0.313. The molecule has 0 spiro atoms. The molecule has 6 nitrogen and oxygen atoms in total. The predicted molar refractivity (Wildman–Crippen MR) is 69.1 cm³/mol. The minimum atomic E-state index is -1.56. The van der Waals surface area contributed by atoms with Gasteiger partial charge in [-0.3, -0.25) is 0 Å².